The van der Waals surface area contributed by atoms with Crippen LogP contribution in [0.1, 0.15) is 20.8 Å². The molecule has 1 rings (SSSR count). The van der Waals surface area contributed by atoms with E-state index in [-0.39, 0.29) is 0 Å². The molecule has 0 bridgehead atoms. The minimum absolute atomic E-state index is 0.299. The fraction of sp³-hybridized carbons (Fsp3) is 1.00. The summed E-state index contributed by atoms with van der Waals surface area (Å²) < 4.78 is 10.7. The molecule has 1 N–H and O–H groups in total. The molecule has 0 aromatic carbocycles. The van der Waals surface area contributed by atoms with Crippen LogP contribution in [0, 0.1) is 5.92 Å². The number of rotatable bonds is 6. The zero-order valence-corrected chi connectivity index (χ0v) is 8.88. The third-order valence-electron chi connectivity index (χ3n) is 2.02. The van der Waals surface area contributed by atoms with Crippen molar-refractivity contribution in [2.75, 3.05) is 26.3 Å². The Morgan fingerprint density at radius 1 is 1.31 bits per heavy atom. The summed E-state index contributed by atoms with van der Waals surface area (Å²) >= 11 is 0. The molecule has 3 nitrogen and oxygen atoms in total. The highest BCUT2D eigenvalue weighted by atomic mass is 16.6. The monoisotopic (exact) mass is 187 g/mol. The fourth-order valence-corrected chi connectivity index (χ4v) is 1.24. The zero-order valence-electron chi connectivity index (χ0n) is 8.88. The molecule has 3 heteroatoms. The molecule has 1 unspecified atom stereocenters. The first-order valence-electron chi connectivity index (χ1n) is 5.12. The highest BCUT2D eigenvalue weighted by molar-refractivity contribution is 4.67. The van der Waals surface area contributed by atoms with Gasteiger partial charge in [-0.05, 0) is 19.4 Å². The Bertz CT molecular complexity index is 135. The van der Waals surface area contributed by atoms with Crippen molar-refractivity contribution in [3.63, 3.8) is 0 Å². The van der Waals surface area contributed by atoms with E-state index in [2.05, 4.69) is 26.1 Å². The normalized spacial score (nSPS) is 20.3. The Morgan fingerprint density at radius 2 is 2.00 bits per heavy atom. The molecule has 0 aromatic rings. The molecule has 13 heavy (non-hydrogen) atoms. The molecule has 0 spiro atoms. The van der Waals surface area contributed by atoms with Crippen LogP contribution in [0.2, 0.25) is 0 Å². The molecule has 1 aliphatic heterocycles. The largest absolute Gasteiger partial charge is 0.376 e. The molecular formula is C10H21NO2. The van der Waals surface area contributed by atoms with Crippen molar-refractivity contribution in [2.45, 2.75) is 33.0 Å². The Kier molecular flexibility index (Phi) is 4.70. The van der Waals surface area contributed by atoms with Crippen molar-refractivity contribution in [3.8, 4) is 0 Å². The van der Waals surface area contributed by atoms with Crippen LogP contribution in [0.3, 0.4) is 0 Å². The standard InChI is InChI=1S/C10H21NO2/c1-8(2)4-11-5-9(3)13-10-6-12-7-10/h8-11H,4-7H2,1-3H3. The number of nitrogens with one attached hydrogen (secondary N) is 1. The maximum absolute atomic E-state index is 5.68. The van der Waals surface area contributed by atoms with Gasteiger partial charge in [0, 0.05) is 6.54 Å². The molecule has 0 amide bonds. The first-order chi connectivity index (χ1) is 6.18. The average Bonchev–Trinajstić information content (AvgIpc) is 1.96. The van der Waals surface area contributed by atoms with Gasteiger partial charge in [0.2, 0.25) is 0 Å². The number of hydrogen-bond donors (Lipinski definition) is 1. The first-order valence-corrected chi connectivity index (χ1v) is 5.12. The summed E-state index contributed by atoms with van der Waals surface area (Å²) in [7, 11) is 0. The van der Waals surface area contributed by atoms with Gasteiger partial charge in [0.05, 0.1) is 19.3 Å². The van der Waals surface area contributed by atoms with Gasteiger partial charge in [0.15, 0.2) is 0 Å². The van der Waals surface area contributed by atoms with E-state index in [1.807, 2.05) is 0 Å². The van der Waals surface area contributed by atoms with Crippen LogP contribution in [0.15, 0.2) is 0 Å². The number of hydrogen-bond acceptors (Lipinski definition) is 3. The summed E-state index contributed by atoms with van der Waals surface area (Å²) in [4.78, 5) is 0. The second-order valence-electron chi connectivity index (χ2n) is 4.16. The van der Waals surface area contributed by atoms with E-state index < -0.39 is 0 Å². The fourth-order valence-electron chi connectivity index (χ4n) is 1.24. The molecule has 1 saturated heterocycles. The third-order valence-corrected chi connectivity index (χ3v) is 2.02. The van der Waals surface area contributed by atoms with Crippen LogP contribution in [-0.4, -0.2) is 38.5 Å². The molecule has 0 saturated carbocycles. The van der Waals surface area contributed by atoms with E-state index in [1.165, 1.54) is 0 Å². The van der Waals surface area contributed by atoms with E-state index in [0.717, 1.165) is 26.3 Å². The van der Waals surface area contributed by atoms with E-state index in [0.29, 0.717) is 18.1 Å². The lowest BCUT2D eigenvalue weighted by Gasteiger charge is -2.29. The van der Waals surface area contributed by atoms with Crippen LogP contribution in [-0.2, 0) is 9.47 Å². The molecule has 1 aliphatic rings. The van der Waals surface area contributed by atoms with E-state index in [4.69, 9.17) is 9.47 Å². The van der Waals surface area contributed by atoms with E-state index in [9.17, 15) is 0 Å². The maximum atomic E-state index is 5.68. The maximum Gasteiger partial charge on any atom is 0.104 e. The molecule has 1 fully saturated rings. The Morgan fingerprint density at radius 3 is 2.46 bits per heavy atom. The number of ether oxygens (including phenoxy) is 2. The summed E-state index contributed by atoms with van der Waals surface area (Å²) in [5.41, 5.74) is 0. The summed E-state index contributed by atoms with van der Waals surface area (Å²) in [6.07, 6.45) is 0.642. The van der Waals surface area contributed by atoms with Crippen molar-refractivity contribution < 1.29 is 9.47 Å². The summed E-state index contributed by atoms with van der Waals surface area (Å²) in [5, 5.41) is 3.37. The Labute approximate surface area is 80.8 Å². The SMILES string of the molecule is CC(C)CNCC(C)OC1COC1. The van der Waals surface area contributed by atoms with Gasteiger partial charge in [-0.15, -0.1) is 0 Å². The van der Waals surface area contributed by atoms with Crippen LogP contribution < -0.4 is 5.32 Å². The second-order valence-corrected chi connectivity index (χ2v) is 4.16. The summed E-state index contributed by atoms with van der Waals surface area (Å²) in [6.45, 7) is 10.1. The van der Waals surface area contributed by atoms with E-state index in [1.54, 1.807) is 0 Å². The molecule has 0 aromatic heterocycles. The molecule has 1 heterocycles. The quantitative estimate of drug-likeness (QED) is 0.674. The highest BCUT2D eigenvalue weighted by Gasteiger charge is 2.20. The first kappa shape index (κ1) is 11.0. The molecule has 0 radical (unpaired) electrons. The second kappa shape index (κ2) is 5.58. The van der Waals surface area contributed by atoms with Crippen molar-refractivity contribution in [2.24, 2.45) is 5.92 Å². The minimum atomic E-state index is 0.299. The predicted molar refractivity (Wildman–Crippen MR) is 52.9 cm³/mol. The lowest BCUT2D eigenvalue weighted by Crippen LogP contribution is -2.41. The van der Waals surface area contributed by atoms with Crippen LogP contribution in [0.4, 0.5) is 0 Å². The van der Waals surface area contributed by atoms with Crippen LogP contribution >= 0.6 is 0 Å². The van der Waals surface area contributed by atoms with Gasteiger partial charge in [-0.1, -0.05) is 13.8 Å². The highest BCUT2D eigenvalue weighted by Crippen LogP contribution is 2.07. The molecular weight excluding hydrogens is 166 g/mol. The van der Waals surface area contributed by atoms with Gasteiger partial charge in [0.25, 0.3) is 0 Å². The van der Waals surface area contributed by atoms with Crippen molar-refractivity contribution >= 4 is 0 Å². The van der Waals surface area contributed by atoms with Crippen molar-refractivity contribution in [1.82, 2.24) is 5.32 Å². The topological polar surface area (TPSA) is 30.5 Å². The Balaban J connectivity index is 1.93. The van der Waals surface area contributed by atoms with Gasteiger partial charge < -0.3 is 14.8 Å². The van der Waals surface area contributed by atoms with E-state index >= 15 is 0 Å². The minimum Gasteiger partial charge on any atom is -0.376 e. The summed E-state index contributed by atoms with van der Waals surface area (Å²) in [6, 6.07) is 0. The van der Waals surface area contributed by atoms with Gasteiger partial charge in [-0.2, -0.15) is 0 Å². The van der Waals surface area contributed by atoms with Gasteiger partial charge in [-0.25, -0.2) is 0 Å². The third kappa shape index (κ3) is 4.60. The van der Waals surface area contributed by atoms with Crippen LogP contribution in [0.5, 0.6) is 0 Å². The van der Waals surface area contributed by atoms with Crippen molar-refractivity contribution in [1.29, 1.82) is 0 Å². The average molecular weight is 187 g/mol. The lowest BCUT2D eigenvalue weighted by atomic mass is 10.2. The zero-order chi connectivity index (χ0) is 9.68. The van der Waals surface area contributed by atoms with Gasteiger partial charge in [-0.3, -0.25) is 0 Å². The van der Waals surface area contributed by atoms with Gasteiger partial charge >= 0.3 is 0 Å². The molecule has 1 atom stereocenters. The smallest absolute Gasteiger partial charge is 0.104 e. The predicted octanol–water partition coefficient (Wildman–Crippen LogP) is 1.04. The lowest BCUT2D eigenvalue weighted by molar-refractivity contribution is -0.149. The van der Waals surface area contributed by atoms with Crippen LogP contribution in [0.25, 0.3) is 0 Å². The molecule has 78 valence electrons. The van der Waals surface area contributed by atoms with Gasteiger partial charge in [0.1, 0.15) is 6.10 Å². The molecule has 0 aliphatic carbocycles. The summed E-state index contributed by atoms with van der Waals surface area (Å²) in [5.74, 6) is 0.708. The van der Waals surface area contributed by atoms with Crippen molar-refractivity contribution in [3.05, 3.63) is 0 Å². The Hall–Kier alpha value is -0.120.